The van der Waals surface area contributed by atoms with Gasteiger partial charge in [0.15, 0.2) is 0 Å². The van der Waals surface area contributed by atoms with Crippen molar-refractivity contribution in [3.05, 3.63) is 51.3 Å². The van der Waals surface area contributed by atoms with Gasteiger partial charge in [-0.15, -0.1) is 0 Å². The van der Waals surface area contributed by atoms with Crippen LogP contribution in [0.3, 0.4) is 0 Å². The number of aromatic nitrogens is 2. The second kappa shape index (κ2) is 6.35. The summed E-state index contributed by atoms with van der Waals surface area (Å²) in [6.45, 7) is 8.86. The van der Waals surface area contributed by atoms with Crippen LogP contribution in [-0.2, 0) is 19.6 Å². The van der Waals surface area contributed by atoms with Gasteiger partial charge in [0.2, 0.25) is 0 Å². The summed E-state index contributed by atoms with van der Waals surface area (Å²) in [5.41, 5.74) is 4.88. The Morgan fingerprint density at radius 1 is 1.26 bits per heavy atom. The smallest absolute Gasteiger partial charge is 0.0739 e. The van der Waals surface area contributed by atoms with Crippen LogP contribution in [0.2, 0.25) is 0 Å². The largest absolute Gasteiger partial charge is 0.307 e. The van der Waals surface area contributed by atoms with Gasteiger partial charge < -0.3 is 5.32 Å². The van der Waals surface area contributed by atoms with Gasteiger partial charge in [-0.1, -0.05) is 29.8 Å². The average Bonchev–Trinajstić information content (AvgIpc) is 2.66. The summed E-state index contributed by atoms with van der Waals surface area (Å²) in [5.74, 6) is 0. The lowest BCUT2D eigenvalue weighted by Gasteiger charge is -2.08. The van der Waals surface area contributed by atoms with Gasteiger partial charge >= 0.3 is 0 Å². The van der Waals surface area contributed by atoms with Crippen molar-refractivity contribution < 1.29 is 0 Å². The van der Waals surface area contributed by atoms with Crippen LogP contribution in [0.1, 0.15) is 29.4 Å². The van der Waals surface area contributed by atoms with Crippen molar-refractivity contribution >= 4 is 15.9 Å². The van der Waals surface area contributed by atoms with Crippen LogP contribution in [0.15, 0.2) is 28.7 Å². The molecule has 1 N–H and O–H groups in total. The molecule has 1 heterocycles. The van der Waals surface area contributed by atoms with Crippen molar-refractivity contribution in [2.45, 2.75) is 40.4 Å². The fourth-order valence-corrected chi connectivity index (χ4v) is 2.61. The van der Waals surface area contributed by atoms with Crippen molar-refractivity contribution in [3.63, 3.8) is 0 Å². The first-order valence-electron chi connectivity index (χ1n) is 6.60. The lowest BCUT2D eigenvalue weighted by molar-refractivity contribution is 0.578. The molecule has 0 unspecified atom stereocenters. The van der Waals surface area contributed by atoms with Crippen LogP contribution < -0.4 is 5.32 Å². The fraction of sp³-hybridized carbons (Fsp3) is 0.400. The minimum Gasteiger partial charge on any atom is -0.307 e. The van der Waals surface area contributed by atoms with E-state index >= 15 is 0 Å². The standard InChI is InChI=1S/C15H20BrN3/c1-4-19-14(15(16)12(3)18-19)10-17-9-13-7-5-6-11(2)8-13/h5-8,17H,4,9-10H2,1-3H3. The van der Waals surface area contributed by atoms with E-state index in [4.69, 9.17) is 0 Å². The zero-order valence-electron chi connectivity index (χ0n) is 11.7. The number of nitrogens with zero attached hydrogens (tertiary/aromatic N) is 2. The van der Waals surface area contributed by atoms with Crippen LogP contribution >= 0.6 is 15.9 Å². The summed E-state index contributed by atoms with van der Waals surface area (Å²) in [6, 6.07) is 8.58. The van der Waals surface area contributed by atoms with Gasteiger partial charge in [-0.25, -0.2) is 0 Å². The number of hydrogen-bond acceptors (Lipinski definition) is 2. The number of hydrogen-bond donors (Lipinski definition) is 1. The van der Waals surface area contributed by atoms with E-state index in [2.05, 4.69) is 64.5 Å². The molecular formula is C15H20BrN3. The highest BCUT2D eigenvalue weighted by atomic mass is 79.9. The van der Waals surface area contributed by atoms with E-state index in [9.17, 15) is 0 Å². The number of rotatable bonds is 5. The Hall–Kier alpha value is -1.13. The summed E-state index contributed by atoms with van der Waals surface area (Å²) in [7, 11) is 0. The van der Waals surface area contributed by atoms with Crippen LogP contribution in [0.5, 0.6) is 0 Å². The average molecular weight is 322 g/mol. The molecule has 4 heteroatoms. The maximum absolute atomic E-state index is 4.50. The Kier molecular flexibility index (Phi) is 4.77. The first-order valence-corrected chi connectivity index (χ1v) is 7.39. The molecule has 0 aliphatic carbocycles. The van der Waals surface area contributed by atoms with E-state index in [1.54, 1.807) is 0 Å². The molecule has 2 aromatic rings. The molecule has 19 heavy (non-hydrogen) atoms. The van der Waals surface area contributed by atoms with Gasteiger partial charge in [0.05, 0.1) is 15.9 Å². The molecule has 0 saturated heterocycles. The number of halogens is 1. The molecule has 0 fully saturated rings. The van der Waals surface area contributed by atoms with E-state index in [0.29, 0.717) is 0 Å². The topological polar surface area (TPSA) is 29.9 Å². The summed E-state index contributed by atoms with van der Waals surface area (Å²) < 4.78 is 3.16. The number of nitrogens with one attached hydrogen (secondary N) is 1. The summed E-state index contributed by atoms with van der Waals surface area (Å²) >= 11 is 3.62. The van der Waals surface area contributed by atoms with E-state index in [0.717, 1.165) is 29.8 Å². The number of aryl methyl sites for hydroxylation is 3. The SMILES string of the molecule is CCn1nc(C)c(Br)c1CNCc1cccc(C)c1. The Bertz CT molecular complexity index is 561. The molecule has 102 valence electrons. The van der Waals surface area contributed by atoms with Crippen molar-refractivity contribution in [2.24, 2.45) is 0 Å². The van der Waals surface area contributed by atoms with Crippen LogP contribution in [0.25, 0.3) is 0 Å². The van der Waals surface area contributed by atoms with Crippen molar-refractivity contribution in [3.8, 4) is 0 Å². The zero-order valence-corrected chi connectivity index (χ0v) is 13.3. The maximum atomic E-state index is 4.50. The van der Waals surface area contributed by atoms with Crippen LogP contribution in [0, 0.1) is 13.8 Å². The molecule has 0 amide bonds. The van der Waals surface area contributed by atoms with Gasteiger partial charge in [-0.2, -0.15) is 5.10 Å². The van der Waals surface area contributed by atoms with Gasteiger partial charge in [0.1, 0.15) is 0 Å². The molecular weight excluding hydrogens is 302 g/mol. The van der Waals surface area contributed by atoms with E-state index in [-0.39, 0.29) is 0 Å². The van der Waals surface area contributed by atoms with Gasteiger partial charge in [0.25, 0.3) is 0 Å². The summed E-state index contributed by atoms with van der Waals surface area (Å²) in [4.78, 5) is 0. The highest BCUT2D eigenvalue weighted by Crippen LogP contribution is 2.20. The predicted molar refractivity (Wildman–Crippen MR) is 82.1 cm³/mol. The third-order valence-electron chi connectivity index (χ3n) is 3.16. The summed E-state index contributed by atoms with van der Waals surface area (Å²) in [5, 5.41) is 7.98. The number of benzene rings is 1. The molecule has 0 spiro atoms. The molecule has 1 aromatic heterocycles. The zero-order chi connectivity index (χ0) is 13.8. The fourth-order valence-electron chi connectivity index (χ4n) is 2.19. The summed E-state index contributed by atoms with van der Waals surface area (Å²) in [6.07, 6.45) is 0. The Morgan fingerprint density at radius 2 is 2.05 bits per heavy atom. The molecule has 0 saturated carbocycles. The van der Waals surface area contributed by atoms with E-state index < -0.39 is 0 Å². The minimum absolute atomic E-state index is 0.823. The predicted octanol–water partition coefficient (Wildman–Crippen LogP) is 3.57. The van der Waals surface area contributed by atoms with Crippen LogP contribution in [-0.4, -0.2) is 9.78 Å². The van der Waals surface area contributed by atoms with Crippen molar-refractivity contribution in [1.82, 2.24) is 15.1 Å². The monoisotopic (exact) mass is 321 g/mol. The Morgan fingerprint density at radius 3 is 2.74 bits per heavy atom. The van der Waals surface area contributed by atoms with Gasteiger partial charge in [-0.05, 0) is 42.3 Å². The Balaban J connectivity index is 1.99. The highest BCUT2D eigenvalue weighted by molar-refractivity contribution is 9.10. The highest BCUT2D eigenvalue weighted by Gasteiger charge is 2.11. The quantitative estimate of drug-likeness (QED) is 0.912. The minimum atomic E-state index is 0.823. The third kappa shape index (κ3) is 3.45. The van der Waals surface area contributed by atoms with E-state index in [1.807, 2.05) is 11.6 Å². The van der Waals surface area contributed by atoms with Crippen molar-refractivity contribution in [2.75, 3.05) is 0 Å². The first-order chi connectivity index (χ1) is 9.11. The molecule has 0 atom stereocenters. The molecule has 0 aliphatic heterocycles. The van der Waals surface area contributed by atoms with Gasteiger partial charge in [-0.3, -0.25) is 4.68 Å². The second-order valence-electron chi connectivity index (χ2n) is 4.75. The third-order valence-corrected chi connectivity index (χ3v) is 4.19. The Labute approximate surface area is 123 Å². The lowest BCUT2D eigenvalue weighted by Crippen LogP contribution is -2.16. The normalized spacial score (nSPS) is 10.9. The molecule has 0 radical (unpaired) electrons. The second-order valence-corrected chi connectivity index (χ2v) is 5.55. The molecule has 0 aliphatic rings. The van der Waals surface area contributed by atoms with E-state index in [1.165, 1.54) is 16.8 Å². The molecule has 1 aromatic carbocycles. The first kappa shape index (κ1) is 14.3. The lowest BCUT2D eigenvalue weighted by atomic mass is 10.1. The maximum Gasteiger partial charge on any atom is 0.0739 e. The molecule has 0 bridgehead atoms. The van der Waals surface area contributed by atoms with Crippen LogP contribution in [0.4, 0.5) is 0 Å². The molecule has 3 nitrogen and oxygen atoms in total. The van der Waals surface area contributed by atoms with Gasteiger partial charge in [0, 0.05) is 19.6 Å². The van der Waals surface area contributed by atoms with Crippen molar-refractivity contribution in [1.29, 1.82) is 0 Å². The molecule has 2 rings (SSSR count).